The summed E-state index contributed by atoms with van der Waals surface area (Å²) in [5.41, 5.74) is 1.13. The van der Waals surface area contributed by atoms with Crippen LogP contribution in [0.4, 0.5) is 0 Å². The van der Waals surface area contributed by atoms with E-state index in [2.05, 4.69) is 12.2 Å². The molecule has 2 aliphatic rings. The number of allylic oxidation sites excluding steroid dienone is 3. The molecular weight excluding hydrogens is 340 g/mol. The Morgan fingerprint density at radius 3 is 2.67 bits per heavy atom. The van der Waals surface area contributed by atoms with Gasteiger partial charge in [-0.1, -0.05) is 66.8 Å². The van der Waals surface area contributed by atoms with E-state index in [4.69, 9.17) is 9.84 Å². The van der Waals surface area contributed by atoms with Crippen LogP contribution in [-0.4, -0.2) is 34.5 Å². The lowest BCUT2D eigenvalue weighted by Gasteiger charge is -2.24. The molecule has 1 unspecified atom stereocenters. The van der Waals surface area contributed by atoms with Gasteiger partial charge in [0.05, 0.1) is 24.7 Å². The Bertz CT molecular complexity index is 692. The predicted molar refractivity (Wildman–Crippen MR) is 105 cm³/mol. The summed E-state index contributed by atoms with van der Waals surface area (Å²) in [6.45, 7) is 0. The molecule has 2 N–H and O–H groups in total. The minimum atomic E-state index is -0.819. The van der Waals surface area contributed by atoms with Crippen molar-refractivity contribution in [2.75, 3.05) is 0 Å². The van der Waals surface area contributed by atoms with Crippen molar-refractivity contribution in [1.82, 2.24) is 0 Å². The molecule has 0 saturated carbocycles. The van der Waals surface area contributed by atoms with Gasteiger partial charge in [-0.2, -0.15) is 0 Å². The van der Waals surface area contributed by atoms with Crippen molar-refractivity contribution >= 4 is 5.97 Å². The van der Waals surface area contributed by atoms with Crippen LogP contribution in [0.3, 0.4) is 0 Å². The van der Waals surface area contributed by atoms with E-state index >= 15 is 0 Å². The Morgan fingerprint density at radius 2 is 1.89 bits per heavy atom. The quantitative estimate of drug-likeness (QED) is 0.512. The number of carbonyl (C=O) groups is 1. The molecule has 4 heteroatoms. The number of hydrogen-bond acceptors (Lipinski definition) is 3. The van der Waals surface area contributed by atoms with E-state index in [1.807, 2.05) is 42.5 Å². The summed E-state index contributed by atoms with van der Waals surface area (Å²) in [4.78, 5) is 10.5. The number of aliphatic hydroxyl groups is 1. The van der Waals surface area contributed by atoms with Gasteiger partial charge in [-0.15, -0.1) is 0 Å². The van der Waals surface area contributed by atoms with E-state index in [9.17, 15) is 9.90 Å². The number of fused-ring (bicyclic) bond motifs is 2. The van der Waals surface area contributed by atoms with E-state index < -0.39 is 12.1 Å². The summed E-state index contributed by atoms with van der Waals surface area (Å²) in [5, 5.41) is 19.0. The minimum absolute atomic E-state index is 0.0479. The third-order valence-electron chi connectivity index (χ3n) is 5.41. The number of aliphatic carboxylic acids is 1. The minimum Gasteiger partial charge on any atom is -0.481 e. The maximum atomic E-state index is 10.5. The van der Waals surface area contributed by atoms with E-state index in [1.165, 1.54) is 0 Å². The van der Waals surface area contributed by atoms with Crippen molar-refractivity contribution in [2.45, 2.75) is 50.4 Å². The second-order valence-electron chi connectivity index (χ2n) is 7.36. The first kappa shape index (κ1) is 19.6. The second kappa shape index (κ2) is 9.67. The maximum absolute atomic E-state index is 10.5. The molecule has 2 bridgehead atoms. The van der Waals surface area contributed by atoms with Crippen molar-refractivity contribution in [3.63, 3.8) is 0 Å². The van der Waals surface area contributed by atoms with E-state index in [-0.39, 0.29) is 12.5 Å². The van der Waals surface area contributed by atoms with Gasteiger partial charge in [0.25, 0.3) is 0 Å². The molecule has 0 aromatic heterocycles. The largest absolute Gasteiger partial charge is 0.481 e. The molecule has 3 rings (SSSR count). The fourth-order valence-corrected chi connectivity index (χ4v) is 4.13. The number of hydrogen-bond donors (Lipinski definition) is 2. The summed E-state index contributed by atoms with van der Waals surface area (Å²) in [5.74, 6) is -0.0599. The molecule has 0 amide bonds. The van der Waals surface area contributed by atoms with Gasteiger partial charge in [-0.05, 0) is 30.7 Å². The first-order valence-corrected chi connectivity index (χ1v) is 9.72. The molecule has 144 valence electrons. The van der Waals surface area contributed by atoms with Crippen molar-refractivity contribution in [3.8, 4) is 0 Å². The van der Waals surface area contributed by atoms with Crippen molar-refractivity contribution in [3.05, 3.63) is 72.4 Å². The summed E-state index contributed by atoms with van der Waals surface area (Å²) >= 11 is 0. The highest BCUT2D eigenvalue weighted by atomic mass is 16.5. The highest BCUT2D eigenvalue weighted by Gasteiger charge is 2.46. The van der Waals surface area contributed by atoms with Crippen LogP contribution in [0.25, 0.3) is 0 Å². The normalized spacial score (nSPS) is 28.6. The lowest BCUT2D eigenvalue weighted by atomic mass is 9.77. The highest BCUT2D eigenvalue weighted by molar-refractivity contribution is 5.68. The first-order valence-electron chi connectivity index (χ1n) is 9.72. The standard InChI is InChI=1S/C23H28O4/c24-18(16-17-8-4-3-5-9-17)12-13-20-19(21-14-15-22(20)27-21)10-6-1-2-7-11-23(25)26/h1-9,12-13,18-22,24H,10-11,14-16H2,(H,25,26)/t18?,19-,20+,21-,22+/m0/s1. The lowest BCUT2D eigenvalue weighted by molar-refractivity contribution is -0.136. The lowest BCUT2D eigenvalue weighted by Crippen LogP contribution is -2.25. The molecule has 1 aromatic carbocycles. The fraction of sp³-hybridized carbons (Fsp3) is 0.435. The summed E-state index contributed by atoms with van der Waals surface area (Å²) in [6.07, 6.45) is 15.4. The molecule has 2 saturated heterocycles. The highest BCUT2D eigenvalue weighted by Crippen LogP contribution is 2.45. The Kier molecular flexibility index (Phi) is 7.02. The third kappa shape index (κ3) is 5.65. The van der Waals surface area contributed by atoms with Crippen molar-refractivity contribution < 1.29 is 19.7 Å². The van der Waals surface area contributed by atoms with Crippen LogP contribution in [0, 0.1) is 11.8 Å². The average molecular weight is 368 g/mol. The summed E-state index contributed by atoms with van der Waals surface area (Å²) < 4.78 is 6.10. The Balaban J connectivity index is 1.54. The van der Waals surface area contributed by atoms with Gasteiger partial charge in [0.2, 0.25) is 0 Å². The van der Waals surface area contributed by atoms with Gasteiger partial charge < -0.3 is 14.9 Å². The zero-order valence-corrected chi connectivity index (χ0v) is 15.5. The fourth-order valence-electron chi connectivity index (χ4n) is 4.13. The number of carboxylic acid groups (broad SMARTS) is 1. The predicted octanol–water partition coefficient (Wildman–Crippen LogP) is 3.92. The van der Waals surface area contributed by atoms with E-state index in [0.717, 1.165) is 24.8 Å². The van der Waals surface area contributed by atoms with Gasteiger partial charge in [0.1, 0.15) is 0 Å². The molecule has 0 radical (unpaired) electrons. The van der Waals surface area contributed by atoms with Gasteiger partial charge in [-0.3, -0.25) is 4.79 Å². The third-order valence-corrected chi connectivity index (χ3v) is 5.41. The number of carboxylic acids is 1. The van der Waals surface area contributed by atoms with E-state index in [0.29, 0.717) is 24.4 Å². The monoisotopic (exact) mass is 368 g/mol. The van der Waals surface area contributed by atoms with Crippen LogP contribution in [0.2, 0.25) is 0 Å². The number of rotatable bonds is 9. The molecule has 1 aromatic rings. The molecular formula is C23H28O4. The second-order valence-corrected chi connectivity index (χ2v) is 7.36. The first-order chi connectivity index (χ1) is 13.1. The SMILES string of the molecule is O=C(O)CC=CC=CC[C@H]1[C@@H](C=CC(O)Cc2ccccc2)[C@H]2CC[C@@H]1O2. The van der Waals surface area contributed by atoms with Crippen LogP contribution < -0.4 is 0 Å². The molecule has 4 nitrogen and oxygen atoms in total. The number of aliphatic hydroxyl groups excluding tert-OH is 1. The van der Waals surface area contributed by atoms with Crippen LogP contribution in [0.1, 0.15) is 31.2 Å². The van der Waals surface area contributed by atoms with Crippen molar-refractivity contribution in [1.29, 1.82) is 0 Å². The molecule has 27 heavy (non-hydrogen) atoms. The van der Waals surface area contributed by atoms with E-state index in [1.54, 1.807) is 12.2 Å². The van der Waals surface area contributed by atoms with Crippen LogP contribution in [0.5, 0.6) is 0 Å². The number of benzene rings is 1. The number of ether oxygens (including phenoxy) is 1. The Labute approximate surface area is 160 Å². The van der Waals surface area contributed by atoms with Crippen LogP contribution in [-0.2, 0) is 16.0 Å². The van der Waals surface area contributed by atoms with Gasteiger partial charge in [-0.25, -0.2) is 0 Å². The summed E-state index contributed by atoms with van der Waals surface area (Å²) in [7, 11) is 0. The average Bonchev–Trinajstić information content (AvgIpc) is 3.25. The molecule has 0 spiro atoms. The van der Waals surface area contributed by atoms with Crippen LogP contribution in [0.15, 0.2) is 66.8 Å². The molecule has 2 aliphatic heterocycles. The van der Waals surface area contributed by atoms with Crippen LogP contribution >= 0.6 is 0 Å². The topological polar surface area (TPSA) is 66.8 Å². The molecule has 2 fully saturated rings. The maximum Gasteiger partial charge on any atom is 0.307 e. The Hall–Kier alpha value is -2.17. The van der Waals surface area contributed by atoms with Crippen molar-refractivity contribution in [2.24, 2.45) is 11.8 Å². The van der Waals surface area contributed by atoms with Gasteiger partial charge in [0.15, 0.2) is 0 Å². The molecule has 0 aliphatic carbocycles. The smallest absolute Gasteiger partial charge is 0.307 e. The van der Waals surface area contributed by atoms with Gasteiger partial charge in [0, 0.05) is 12.3 Å². The van der Waals surface area contributed by atoms with Gasteiger partial charge >= 0.3 is 5.97 Å². The zero-order valence-electron chi connectivity index (χ0n) is 15.5. The zero-order chi connectivity index (χ0) is 19.1. The Morgan fingerprint density at radius 1 is 1.15 bits per heavy atom. The molecule has 2 heterocycles. The molecule has 5 atom stereocenters. The summed E-state index contributed by atoms with van der Waals surface area (Å²) in [6, 6.07) is 10.0.